The molecule has 5 N–H and O–H groups in total. The monoisotopic (exact) mass is 570 g/mol. The number of amides is 3. The molecule has 12 nitrogen and oxygen atoms in total. The summed E-state index contributed by atoms with van der Waals surface area (Å²) in [6, 6.07) is 3.23. The Kier molecular flexibility index (Phi) is 9.61. The molecule has 3 amide bonds. The minimum atomic E-state index is -0.372. The number of ether oxygens (including phenoxy) is 1. The van der Waals surface area contributed by atoms with Crippen molar-refractivity contribution in [2.45, 2.75) is 26.7 Å². The molecule has 13 heteroatoms. The normalized spacial score (nSPS) is 13.9. The molecule has 4 heterocycles. The Bertz CT molecular complexity index is 1350. The van der Waals surface area contributed by atoms with Crippen molar-refractivity contribution < 1.29 is 19.1 Å². The first-order chi connectivity index (χ1) is 19.1. The van der Waals surface area contributed by atoms with E-state index < -0.39 is 0 Å². The number of anilines is 3. The van der Waals surface area contributed by atoms with Crippen LogP contribution in [0.2, 0.25) is 0 Å². The van der Waals surface area contributed by atoms with Gasteiger partial charge in [-0.15, -0.1) is 11.3 Å². The lowest BCUT2D eigenvalue weighted by molar-refractivity contribution is 0.0383. The molecule has 4 rings (SSSR count). The van der Waals surface area contributed by atoms with Crippen LogP contribution in [0.5, 0.6) is 0 Å². The number of carbonyl (C=O) groups excluding carboxylic acids is 3. The maximum atomic E-state index is 13.1. The highest BCUT2D eigenvalue weighted by Crippen LogP contribution is 2.25. The third-order valence-corrected chi connectivity index (χ3v) is 7.63. The van der Waals surface area contributed by atoms with Gasteiger partial charge in [0.1, 0.15) is 17.1 Å². The number of hydrogen-bond acceptors (Lipinski definition) is 8. The Morgan fingerprint density at radius 2 is 1.60 bits per heavy atom. The Morgan fingerprint density at radius 3 is 2.23 bits per heavy atom. The molecule has 0 spiro atoms. The van der Waals surface area contributed by atoms with Gasteiger partial charge in [-0.05, 0) is 30.9 Å². The van der Waals surface area contributed by atoms with Gasteiger partial charge < -0.3 is 35.6 Å². The Hall–Kier alpha value is -3.68. The van der Waals surface area contributed by atoms with Crippen LogP contribution < -0.4 is 21.7 Å². The van der Waals surface area contributed by atoms with Crippen molar-refractivity contribution in [1.29, 1.82) is 0 Å². The number of thiazole rings is 1. The largest absolute Gasteiger partial charge is 0.379 e. The fourth-order valence-electron chi connectivity index (χ4n) is 4.48. The molecule has 1 aliphatic rings. The van der Waals surface area contributed by atoms with Crippen LogP contribution in [0.15, 0.2) is 24.5 Å². The van der Waals surface area contributed by atoms with E-state index in [-0.39, 0.29) is 17.7 Å². The Labute approximate surface area is 237 Å². The van der Waals surface area contributed by atoms with Crippen molar-refractivity contribution in [2.75, 3.05) is 55.8 Å². The number of carbonyl (C=O) groups is 3. The van der Waals surface area contributed by atoms with Crippen molar-refractivity contribution in [3.05, 3.63) is 46.5 Å². The van der Waals surface area contributed by atoms with Crippen molar-refractivity contribution in [1.82, 2.24) is 24.3 Å². The lowest BCUT2D eigenvalue weighted by Gasteiger charge is -2.26. The van der Waals surface area contributed by atoms with Crippen LogP contribution in [0.1, 0.15) is 56.6 Å². The second-order valence-corrected chi connectivity index (χ2v) is 11.4. The summed E-state index contributed by atoms with van der Waals surface area (Å²) in [5.74, 6) is -0.458. The van der Waals surface area contributed by atoms with Crippen LogP contribution in [0.3, 0.4) is 0 Å². The molecule has 0 aliphatic carbocycles. The topological polar surface area (TPSA) is 149 Å². The van der Waals surface area contributed by atoms with Crippen LogP contribution in [0.25, 0.3) is 0 Å². The van der Waals surface area contributed by atoms with Gasteiger partial charge in [0.15, 0.2) is 5.13 Å². The third-order valence-electron chi connectivity index (χ3n) is 6.69. The van der Waals surface area contributed by atoms with E-state index in [0.717, 1.165) is 37.4 Å². The summed E-state index contributed by atoms with van der Waals surface area (Å²) in [6.07, 6.45) is 5.00. The molecule has 1 aliphatic heterocycles. The Morgan fingerprint density at radius 1 is 1.00 bits per heavy atom. The second-order valence-electron chi connectivity index (χ2n) is 10.3. The molecule has 0 atom stereocenters. The zero-order valence-corrected chi connectivity index (χ0v) is 24.3. The quantitative estimate of drug-likeness (QED) is 0.277. The number of aromatic nitrogens is 3. The van der Waals surface area contributed by atoms with Gasteiger partial charge in [-0.2, -0.15) is 0 Å². The van der Waals surface area contributed by atoms with Crippen LogP contribution in [0, 0.1) is 5.92 Å². The van der Waals surface area contributed by atoms with Crippen molar-refractivity contribution in [3.63, 3.8) is 0 Å². The van der Waals surface area contributed by atoms with E-state index in [1.165, 1.54) is 11.3 Å². The maximum Gasteiger partial charge on any atom is 0.275 e. The van der Waals surface area contributed by atoms with Gasteiger partial charge in [0, 0.05) is 57.5 Å². The van der Waals surface area contributed by atoms with E-state index in [1.807, 2.05) is 0 Å². The summed E-state index contributed by atoms with van der Waals surface area (Å²) in [7, 11) is 3.47. The van der Waals surface area contributed by atoms with Crippen LogP contribution in [0.4, 0.5) is 16.5 Å². The zero-order chi connectivity index (χ0) is 28.8. The summed E-state index contributed by atoms with van der Waals surface area (Å²) in [5, 5.41) is 8.96. The number of hydrogen-bond donors (Lipinski definition) is 4. The maximum absolute atomic E-state index is 13.1. The third kappa shape index (κ3) is 7.49. The van der Waals surface area contributed by atoms with E-state index in [2.05, 4.69) is 39.7 Å². The molecule has 0 saturated carbocycles. The lowest BCUT2D eigenvalue weighted by atomic mass is 10.1. The predicted octanol–water partition coefficient (Wildman–Crippen LogP) is 2.56. The summed E-state index contributed by atoms with van der Waals surface area (Å²) in [4.78, 5) is 46.0. The highest BCUT2D eigenvalue weighted by atomic mass is 32.1. The Balaban J connectivity index is 1.35. The van der Waals surface area contributed by atoms with E-state index >= 15 is 0 Å². The zero-order valence-electron chi connectivity index (χ0n) is 23.5. The van der Waals surface area contributed by atoms with Gasteiger partial charge in [0.2, 0.25) is 0 Å². The lowest BCUT2D eigenvalue weighted by Crippen LogP contribution is -2.41. The number of rotatable bonds is 11. The number of aryl methyl sites for hydroxylation is 3. The number of nitrogen functional groups attached to an aromatic ring is 1. The van der Waals surface area contributed by atoms with E-state index in [0.29, 0.717) is 59.3 Å². The highest BCUT2D eigenvalue weighted by Gasteiger charge is 2.21. The summed E-state index contributed by atoms with van der Waals surface area (Å²) < 4.78 is 8.65. The van der Waals surface area contributed by atoms with Gasteiger partial charge in [0.25, 0.3) is 17.7 Å². The molecular formula is C27H38N8O4S. The first kappa shape index (κ1) is 29.3. The minimum Gasteiger partial charge on any atom is -0.379 e. The molecule has 1 fully saturated rings. The molecular weight excluding hydrogens is 532 g/mol. The van der Waals surface area contributed by atoms with E-state index in [1.54, 1.807) is 47.8 Å². The SMILES string of the molecule is CC(C)CCc1sc(N)nc1C(=O)Nc1cc(C(=O)Nc2cc(C(=O)NCCN3CCOCC3)n(C)c2)n(C)c1. The number of nitrogens with two attached hydrogens (primary N) is 1. The first-order valence-electron chi connectivity index (χ1n) is 13.4. The average Bonchev–Trinajstić information content (AvgIpc) is 3.59. The molecule has 0 unspecified atom stereocenters. The molecule has 216 valence electrons. The average molecular weight is 571 g/mol. The van der Waals surface area contributed by atoms with Crippen molar-refractivity contribution in [2.24, 2.45) is 20.0 Å². The minimum absolute atomic E-state index is 0.212. The molecule has 40 heavy (non-hydrogen) atoms. The van der Waals surface area contributed by atoms with E-state index in [4.69, 9.17) is 10.5 Å². The summed E-state index contributed by atoms with van der Waals surface area (Å²) >= 11 is 1.32. The van der Waals surface area contributed by atoms with E-state index in [9.17, 15) is 14.4 Å². The fraction of sp³-hybridized carbons (Fsp3) is 0.481. The van der Waals surface area contributed by atoms with Gasteiger partial charge in [0.05, 0.1) is 24.6 Å². The molecule has 3 aromatic heterocycles. The highest BCUT2D eigenvalue weighted by molar-refractivity contribution is 7.15. The van der Waals surface area contributed by atoms with Crippen LogP contribution >= 0.6 is 11.3 Å². The van der Waals surface area contributed by atoms with Gasteiger partial charge in [-0.25, -0.2) is 4.98 Å². The fourth-order valence-corrected chi connectivity index (χ4v) is 5.33. The molecule has 0 aromatic carbocycles. The summed E-state index contributed by atoms with van der Waals surface area (Å²) in [5.41, 5.74) is 7.93. The predicted molar refractivity (Wildman–Crippen MR) is 156 cm³/mol. The van der Waals surface area contributed by atoms with Crippen LogP contribution in [-0.2, 0) is 25.3 Å². The standard InChI is InChI=1S/C27H38N8O4S/c1-17(2)5-6-22-23(32-27(28)40-22)26(38)31-19-14-21(34(4)16-19)25(37)30-18-13-20(33(3)15-18)24(36)29-7-8-35-9-11-39-12-10-35/h13-17H,5-12H2,1-4H3,(H2,28,32)(H,29,36)(H,30,37)(H,31,38). The summed E-state index contributed by atoms with van der Waals surface area (Å²) in [6.45, 7) is 8.67. The van der Waals surface area contributed by atoms with Gasteiger partial charge in [-0.1, -0.05) is 13.8 Å². The van der Waals surface area contributed by atoms with Crippen LogP contribution in [-0.4, -0.2) is 76.1 Å². The molecule has 1 saturated heterocycles. The number of nitrogens with one attached hydrogen (secondary N) is 3. The van der Waals surface area contributed by atoms with Gasteiger partial charge in [-0.3, -0.25) is 19.3 Å². The molecule has 3 aromatic rings. The molecule has 0 bridgehead atoms. The second kappa shape index (κ2) is 13.1. The number of nitrogens with zero attached hydrogens (tertiary/aromatic N) is 4. The van der Waals surface area contributed by atoms with Gasteiger partial charge >= 0.3 is 0 Å². The first-order valence-corrected chi connectivity index (χ1v) is 14.2. The van der Waals surface area contributed by atoms with Crippen molar-refractivity contribution >= 4 is 45.6 Å². The number of morpholine rings is 1. The van der Waals surface area contributed by atoms with Crippen molar-refractivity contribution in [3.8, 4) is 0 Å². The molecule has 0 radical (unpaired) electrons. The smallest absolute Gasteiger partial charge is 0.275 e.